The highest BCUT2D eigenvalue weighted by Crippen LogP contribution is 2.20. The highest BCUT2D eigenvalue weighted by atomic mass is 16.5. The van der Waals surface area contributed by atoms with Gasteiger partial charge in [0.2, 0.25) is 0 Å². The van der Waals surface area contributed by atoms with Gasteiger partial charge in [-0.3, -0.25) is 4.79 Å². The van der Waals surface area contributed by atoms with E-state index in [2.05, 4.69) is 17.6 Å². The van der Waals surface area contributed by atoms with Crippen LogP contribution in [0, 0.1) is 25.2 Å². The molecule has 0 aliphatic heterocycles. The van der Waals surface area contributed by atoms with Crippen molar-refractivity contribution in [2.24, 2.45) is 0 Å². The SMILES string of the molecule is CCCn1c(C)cc(/C=C(\C#N)C(=O)N(C)Cc2ccc(OC)cc2)c1C. The fraction of sp³-hybridized carbons (Fsp3) is 0.364. The molecule has 0 spiro atoms. The number of nitrogens with zero attached hydrogens (tertiary/aromatic N) is 3. The number of hydrogen-bond acceptors (Lipinski definition) is 3. The first-order valence-corrected chi connectivity index (χ1v) is 9.08. The largest absolute Gasteiger partial charge is 0.497 e. The summed E-state index contributed by atoms with van der Waals surface area (Å²) in [5.74, 6) is 0.487. The molecule has 0 N–H and O–H groups in total. The van der Waals surface area contributed by atoms with Crippen molar-refractivity contribution in [1.29, 1.82) is 5.26 Å². The average Bonchev–Trinajstić information content (AvgIpc) is 2.93. The van der Waals surface area contributed by atoms with E-state index in [0.717, 1.165) is 41.2 Å². The minimum atomic E-state index is -0.284. The van der Waals surface area contributed by atoms with Crippen LogP contribution in [0.25, 0.3) is 6.08 Å². The van der Waals surface area contributed by atoms with Gasteiger partial charge in [-0.15, -0.1) is 0 Å². The zero-order valence-corrected chi connectivity index (χ0v) is 16.7. The molecule has 0 fully saturated rings. The van der Waals surface area contributed by atoms with E-state index >= 15 is 0 Å². The van der Waals surface area contributed by atoms with Gasteiger partial charge in [0.25, 0.3) is 5.91 Å². The lowest BCUT2D eigenvalue weighted by molar-refractivity contribution is -0.125. The van der Waals surface area contributed by atoms with Gasteiger partial charge >= 0.3 is 0 Å². The first-order valence-electron chi connectivity index (χ1n) is 9.08. The van der Waals surface area contributed by atoms with Crippen LogP contribution in [0.3, 0.4) is 0 Å². The van der Waals surface area contributed by atoms with Gasteiger partial charge in [0.15, 0.2) is 0 Å². The monoisotopic (exact) mass is 365 g/mol. The zero-order valence-electron chi connectivity index (χ0n) is 16.7. The van der Waals surface area contributed by atoms with Crippen molar-refractivity contribution in [3.63, 3.8) is 0 Å². The Labute approximate surface area is 161 Å². The third kappa shape index (κ3) is 4.79. The molecule has 2 aromatic rings. The number of hydrogen-bond donors (Lipinski definition) is 0. The summed E-state index contributed by atoms with van der Waals surface area (Å²) in [5, 5.41) is 9.52. The summed E-state index contributed by atoms with van der Waals surface area (Å²) in [6.07, 6.45) is 2.73. The highest BCUT2D eigenvalue weighted by molar-refractivity contribution is 6.01. The van der Waals surface area contributed by atoms with Crippen LogP contribution in [-0.4, -0.2) is 29.5 Å². The molecular formula is C22H27N3O2. The second-order valence-corrected chi connectivity index (χ2v) is 6.66. The normalized spacial score (nSPS) is 11.2. The number of amides is 1. The van der Waals surface area contributed by atoms with E-state index in [0.29, 0.717) is 6.54 Å². The number of benzene rings is 1. The Morgan fingerprint density at radius 2 is 1.96 bits per heavy atom. The van der Waals surface area contributed by atoms with E-state index in [9.17, 15) is 10.1 Å². The summed E-state index contributed by atoms with van der Waals surface area (Å²) in [4.78, 5) is 14.3. The molecule has 1 amide bonds. The zero-order chi connectivity index (χ0) is 20.0. The van der Waals surface area contributed by atoms with Gasteiger partial charge in [-0.25, -0.2) is 0 Å². The summed E-state index contributed by atoms with van der Waals surface area (Å²) < 4.78 is 7.36. The number of nitriles is 1. The van der Waals surface area contributed by atoms with Gasteiger partial charge in [-0.2, -0.15) is 5.26 Å². The maximum atomic E-state index is 12.7. The van der Waals surface area contributed by atoms with Crippen LogP contribution in [0.15, 0.2) is 35.9 Å². The lowest BCUT2D eigenvalue weighted by Crippen LogP contribution is -2.27. The van der Waals surface area contributed by atoms with Gasteiger partial charge in [-0.1, -0.05) is 19.1 Å². The Morgan fingerprint density at radius 1 is 1.30 bits per heavy atom. The molecule has 0 aliphatic rings. The van der Waals surface area contributed by atoms with Gasteiger partial charge in [0, 0.05) is 31.5 Å². The predicted octanol–water partition coefficient (Wildman–Crippen LogP) is 4.09. The van der Waals surface area contributed by atoms with E-state index in [-0.39, 0.29) is 11.5 Å². The molecule has 0 saturated carbocycles. The molecule has 5 heteroatoms. The molecule has 0 atom stereocenters. The first kappa shape index (κ1) is 20.3. The lowest BCUT2D eigenvalue weighted by Gasteiger charge is -2.17. The van der Waals surface area contributed by atoms with Crippen LogP contribution in [-0.2, 0) is 17.9 Å². The molecule has 0 saturated heterocycles. The Bertz CT molecular complexity index is 870. The standard InChI is InChI=1S/C22H27N3O2/c1-6-11-25-16(2)12-19(17(25)3)13-20(14-23)22(26)24(4)15-18-7-9-21(27-5)10-8-18/h7-10,12-13H,6,11,15H2,1-5H3/b20-13+. The quantitative estimate of drug-likeness (QED) is 0.548. The van der Waals surface area contributed by atoms with Gasteiger partial charge in [-0.05, 0) is 55.7 Å². The minimum Gasteiger partial charge on any atom is -0.497 e. The number of methoxy groups -OCH3 is 1. The number of aryl methyl sites for hydroxylation is 1. The minimum absolute atomic E-state index is 0.141. The lowest BCUT2D eigenvalue weighted by atomic mass is 10.1. The smallest absolute Gasteiger partial charge is 0.264 e. The van der Waals surface area contributed by atoms with Crippen LogP contribution >= 0.6 is 0 Å². The predicted molar refractivity (Wildman–Crippen MR) is 107 cm³/mol. The topological polar surface area (TPSA) is 58.3 Å². The van der Waals surface area contributed by atoms with Crippen LogP contribution < -0.4 is 4.74 Å². The molecule has 5 nitrogen and oxygen atoms in total. The van der Waals surface area contributed by atoms with Crippen molar-refractivity contribution in [1.82, 2.24) is 9.47 Å². The summed E-state index contributed by atoms with van der Waals surface area (Å²) >= 11 is 0. The number of likely N-dealkylation sites (N-methyl/N-ethyl adjacent to an activating group) is 1. The molecule has 0 bridgehead atoms. The number of carbonyl (C=O) groups excluding carboxylic acids is 1. The summed E-state index contributed by atoms with van der Waals surface area (Å²) in [6, 6.07) is 11.6. The van der Waals surface area contributed by atoms with Crippen LogP contribution in [0.1, 0.15) is 35.9 Å². The molecule has 1 aromatic heterocycles. The molecule has 1 aromatic carbocycles. The number of carbonyl (C=O) groups is 1. The summed E-state index contributed by atoms with van der Waals surface area (Å²) in [7, 11) is 3.32. The molecule has 0 aliphatic carbocycles. The van der Waals surface area contributed by atoms with E-state index in [1.54, 1.807) is 25.1 Å². The second-order valence-electron chi connectivity index (χ2n) is 6.66. The number of aromatic nitrogens is 1. The third-order valence-electron chi connectivity index (χ3n) is 4.64. The van der Waals surface area contributed by atoms with Crippen molar-refractivity contribution in [2.75, 3.05) is 14.2 Å². The Kier molecular flexibility index (Phi) is 6.84. The van der Waals surface area contributed by atoms with E-state index in [4.69, 9.17) is 4.74 Å². The molecule has 0 radical (unpaired) electrons. The Hall–Kier alpha value is -3.00. The van der Waals surface area contributed by atoms with Crippen LogP contribution in [0.4, 0.5) is 0 Å². The molecule has 142 valence electrons. The fourth-order valence-corrected chi connectivity index (χ4v) is 3.12. The van der Waals surface area contributed by atoms with Crippen LogP contribution in [0.2, 0.25) is 0 Å². The Balaban J connectivity index is 2.20. The van der Waals surface area contributed by atoms with Crippen molar-refractivity contribution in [2.45, 2.75) is 40.3 Å². The molecule has 1 heterocycles. The van der Waals surface area contributed by atoms with Gasteiger partial charge < -0.3 is 14.2 Å². The fourth-order valence-electron chi connectivity index (χ4n) is 3.12. The Morgan fingerprint density at radius 3 is 2.52 bits per heavy atom. The molecule has 2 rings (SSSR count). The van der Waals surface area contributed by atoms with Gasteiger partial charge in [0.05, 0.1) is 7.11 Å². The number of rotatable bonds is 7. The second kappa shape index (κ2) is 9.09. The van der Waals surface area contributed by atoms with Gasteiger partial charge in [0.1, 0.15) is 17.4 Å². The molecule has 27 heavy (non-hydrogen) atoms. The third-order valence-corrected chi connectivity index (χ3v) is 4.64. The van der Waals surface area contributed by atoms with E-state index in [1.165, 1.54) is 0 Å². The van der Waals surface area contributed by atoms with E-state index in [1.807, 2.05) is 44.2 Å². The maximum Gasteiger partial charge on any atom is 0.264 e. The molecule has 0 unspecified atom stereocenters. The summed E-state index contributed by atoms with van der Waals surface area (Å²) in [6.45, 7) is 7.56. The van der Waals surface area contributed by atoms with E-state index < -0.39 is 0 Å². The number of ether oxygens (including phenoxy) is 1. The maximum absolute atomic E-state index is 12.7. The molecular weight excluding hydrogens is 338 g/mol. The van der Waals surface area contributed by atoms with Crippen molar-refractivity contribution in [3.8, 4) is 11.8 Å². The highest BCUT2D eigenvalue weighted by Gasteiger charge is 2.17. The van der Waals surface area contributed by atoms with Crippen molar-refractivity contribution >= 4 is 12.0 Å². The summed E-state index contributed by atoms with van der Waals surface area (Å²) in [5.41, 5.74) is 4.25. The first-order chi connectivity index (χ1) is 12.9. The average molecular weight is 365 g/mol. The van der Waals surface area contributed by atoms with Crippen molar-refractivity contribution in [3.05, 3.63) is 58.4 Å². The van der Waals surface area contributed by atoms with Crippen molar-refractivity contribution < 1.29 is 9.53 Å². The van der Waals surface area contributed by atoms with Crippen LogP contribution in [0.5, 0.6) is 5.75 Å².